The summed E-state index contributed by atoms with van der Waals surface area (Å²) in [5.74, 6) is 0.0267. The molecule has 4 nitrogen and oxygen atoms in total. The summed E-state index contributed by atoms with van der Waals surface area (Å²) in [4.78, 5) is 1.99. The van der Waals surface area contributed by atoms with Crippen molar-refractivity contribution in [2.75, 3.05) is 24.6 Å². The summed E-state index contributed by atoms with van der Waals surface area (Å²) < 4.78 is 0.800. The van der Waals surface area contributed by atoms with E-state index in [1.807, 2.05) is 30.0 Å². The number of aliphatic hydroxyl groups excluding tert-OH is 1. The lowest BCUT2D eigenvalue weighted by atomic mass is 10.1. The highest BCUT2D eigenvalue weighted by atomic mass is 79.9. The highest BCUT2D eigenvalue weighted by molar-refractivity contribution is 9.10. The van der Waals surface area contributed by atoms with Crippen molar-refractivity contribution in [3.05, 3.63) is 28.2 Å². The first-order chi connectivity index (χ1) is 7.61. The lowest BCUT2D eigenvalue weighted by Crippen LogP contribution is -2.29. The fourth-order valence-electron chi connectivity index (χ4n) is 1.61. The van der Waals surface area contributed by atoms with Crippen LogP contribution in [0.15, 0.2) is 22.7 Å². The molecule has 1 aromatic rings. The third kappa shape index (κ3) is 2.74. The van der Waals surface area contributed by atoms with Crippen molar-refractivity contribution in [3.8, 4) is 0 Å². The smallest absolute Gasteiger partial charge is 0.126 e. The van der Waals surface area contributed by atoms with Gasteiger partial charge in [0.15, 0.2) is 0 Å². The van der Waals surface area contributed by atoms with Gasteiger partial charge in [0.1, 0.15) is 5.84 Å². The molecule has 0 aliphatic heterocycles. The second-order valence-electron chi connectivity index (χ2n) is 3.35. The van der Waals surface area contributed by atoms with Gasteiger partial charge < -0.3 is 15.7 Å². The molecule has 5 heteroatoms. The van der Waals surface area contributed by atoms with Crippen molar-refractivity contribution in [3.63, 3.8) is 0 Å². The number of nitrogens with zero attached hydrogens (tertiary/aromatic N) is 1. The number of nitrogens with one attached hydrogen (secondary N) is 1. The van der Waals surface area contributed by atoms with Crippen LogP contribution in [0.25, 0.3) is 0 Å². The minimum Gasteiger partial charge on any atom is -0.395 e. The molecule has 0 fully saturated rings. The summed E-state index contributed by atoms with van der Waals surface area (Å²) in [6, 6.07) is 5.65. The summed E-state index contributed by atoms with van der Waals surface area (Å²) in [5, 5.41) is 16.6. The molecule has 0 radical (unpaired) electrons. The minimum atomic E-state index is 0.0267. The normalized spacial score (nSPS) is 10.2. The van der Waals surface area contributed by atoms with Gasteiger partial charge in [-0.1, -0.05) is 6.07 Å². The van der Waals surface area contributed by atoms with E-state index >= 15 is 0 Å². The fourth-order valence-corrected chi connectivity index (χ4v) is 2.18. The molecule has 1 aromatic carbocycles. The van der Waals surface area contributed by atoms with Gasteiger partial charge in [-0.15, -0.1) is 0 Å². The maximum absolute atomic E-state index is 8.99. The number of hydrogen-bond acceptors (Lipinski definition) is 3. The summed E-state index contributed by atoms with van der Waals surface area (Å²) in [6.07, 6.45) is 0. The Morgan fingerprint density at radius 2 is 2.25 bits per heavy atom. The number of amidine groups is 1. The fraction of sp³-hybridized carbons (Fsp3) is 0.364. The summed E-state index contributed by atoms with van der Waals surface area (Å²) in [6.45, 7) is 3.38. The predicted molar refractivity (Wildman–Crippen MR) is 70.1 cm³/mol. The van der Waals surface area contributed by atoms with Crippen LogP contribution < -0.4 is 10.6 Å². The molecule has 4 N–H and O–H groups in total. The van der Waals surface area contributed by atoms with Crippen LogP contribution in [0.2, 0.25) is 0 Å². The zero-order chi connectivity index (χ0) is 12.1. The van der Waals surface area contributed by atoms with Crippen LogP contribution in [0.4, 0.5) is 5.69 Å². The molecule has 0 heterocycles. The van der Waals surface area contributed by atoms with Gasteiger partial charge in [0, 0.05) is 23.2 Å². The molecule has 0 saturated carbocycles. The number of likely N-dealkylation sites (N-methyl/N-ethyl adjacent to an activating group) is 1. The number of nitrogen functional groups attached to an aromatic ring is 1. The van der Waals surface area contributed by atoms with E-state index in [1.165, 1.54) is 0 Å². The van der Waals surface area contributed by atoms with Gasteiger partial charge in [-0.25, -0.2) is 0 Å². The number of rotatable bonds is 5. The Morgan fingerprint density at radius 1 is 1.56 bits per heavy atom. The van der Waals surface area contributed by atoms with Crippen LogP contribution in [0.5, 0.6) is 0 Å². The zero-order valence-corrected chi connectivity index (χ0v) is 10.8. The molecule has 0 aliphatic rings. The van der Waals surface area contributed by atoms with Crippen molar-refractivity contribution in [1.82, 2.24) is 0 Å². The Labute approximate surface area is 104 Å². The molecule has 0 atom stereocenters. The van der Waals surface area contributed by atoms with E-state index in [4.69, 9.17) is 16.2 Å². The van der Waals surface area contributed by atoms with Crippen LogP contribution in [0.3, 0.4) is 0 Å². The standard InChI is InChI=1S/C11H16BrN3O/c1-2-15(6-7-16)9-5-3-4-8(12)10(9)11(13)14/h3-5,16H,2,6-7H2,1H3,(H3,13,14). The van der Waals surface area contributed by atoms with Crippen LogP contribution in [0.1, 0.15) is 12.5 Å². The van der Waals surface area contributed by atoms with Crippen molar-refractivity contribution >= 4 is 27.5 Å². The highest BCUT2D eigenvalue weighted by Gasteiger charge is 2.13. The van der Waals surface area contributed by atoms with E-state index in [1.54, 1.807) is 0 Å². The molecule has 0 aromatic heterocycles. The van der Waals surface area contributed by atoms with Crippen LogP contribution in [-0.4, -0.2) is 30.6 Å². The number of benzene rings is 1. The van der Waals surface area contributed by atoms with E-state index in [0.717, 1.165) is 16.7 Å². The Balaban J connectivity index is 3.20. The summed E-state index contributed by atoms with van der Waals surface area (Å²) in [5.41, 5.74) is 7.12. The Bertz CT molecular complexity index is 381. The van der Waals surface area contributed by atoms with Gasteiger partial charge >= 0.3 is 0 Å². The van der Waals surface area contributed by atoms with Crippen molar-refractivity contribution < 1.29 is 5.11 Å². The second-order valence-corrected chi connectivity index (χ2v) is 4.21. The minimum absolute atomic E-state index is 0.0267. The van der Waals surface area contributed by atoms with E-state index in [0.29, 0.717) is 12.1 Å². The first kappa shape index (κ1) is 13.0. The quantitative estimate of drug-likeness (QED) is 0.568. The monoisotopic (exact) mass is 285 g/mol. The molecule has 0 spiro atoms. The molecule has 0 aliphatic carbocycles. The summed E-state index contributed by atoms with van der Waals surface area (Å²) >= 11 is 3.39. The van der Waals surface area contributed by atoms with Gasteiger partial charge in [-0.2, -0.15) is 0 Å². The Morgan fingerprint density at radius 3 is 2.75 bits per heavy atom. The van der Waals surface area contributed by atoms with Crippen molar-refractivity contribution in [1.29, 1.82) is 5.41 Å². The number of halogens is 1. The number of aliphatic hydroxyl groups is 1. The van der Waals surface area contributed by atoms with Gasteiger partial charge in [0.05, 0.1) is 12.2 Å². The predicted octanol–water partition coefficient (Wildman–Crippen LogP) is 1.55. The van der Waals surface area contributed by atoms with E-state index in [2.05, 4.69) is 15.9 Å². The van der Waals surface area contributed by atoms with Crippen molar-refractivity contribution in [2.24, 2.45) is 5.73 Å². The lowest BCUT2D eigenvalue weighted by molar-refractivity contribution is 0.302. The highest BCUT2D eigenvalue weighted by Crippen LogP contribution is 2.27. The maximum Gasteiger partial charge on any atom is 0.126 e. The molecule has 0 saturated heterocycles. The van der Waals surface area contributed by atoms with E-state index in [9.17, 15) is 0 Å². The Hall–Kier alpha value is -1.07. The lowest BCUT2D eigenvalue weighted by Gasteiger charge is -2.25. The molecule has 1 rings (SSSR count). The summed E-state index contributed by atoms with van der Waals surface area (Å²) in [7, 11) is 0. The first-order valence-electron chi connectivity index (χ1n) is 5.10. The average Bonchev–Trinajstić information content (AvgIpc) is 2.25. The van der Waals surface area contributed by atoms with Gasteiger partial charge in [0.25, 0.3) is 0 Å². The van der Waals surface area contributed by atoms with Gasteiger partial charge in [0.2, 0.25) is 0 Å². The molecule has 16 heavy (non-hydrogen) atoms. The third-order valence-electron chi connectivity index (χ3n) is 2.35. The second kappa shape index (κ2) is 5.86. The topological polar surface area (TPSA) is 73.3 Å². The molecule has 0 bridgehead atoms. The number of anilines is 1. The van der Waals surface area contributed by atoms with Crippen LogP contribution in [-0.2, 0) is 0 Å². The van der Waals surface area contributed by atoms with E-state index in [-0.39, 0.29) is 12.4 Å². The SMILES string of the molecule is CCN(CCO)c1cccc(Br)c1C(=N)N. The average molecular weight is 286 g/mol. The van der Waals surface area contributed by atoms with Gasteiger partial charge in [-0.05, 0) is 35.0 Å². The zero-order valence-electron chi connectivity index (χ0n) is 9.20. The largest absolute Gasteiger partial charge is 0.395 e. The molecular formula is C11H16BrN3O. The molecule has 88 valence electrons. The van der Waals surface area contributed by atoms with Gasteiger partial charge in [-0.3, -0.25) is 5.41 Å². The van der Waals surface area contributed by atoms with Crippen LogP contribution >= 0.6 is 15.9 Å². The van der Waals surface area contributed by atoms with Crippen molar-refractivity contribution in [2.45, 2.75) is 6.92 Å². The van der Waals surface area contributed by atoms with E-state index < -0.39 is 0 Å². The molecule has 0 amide bonds. The molecular weight excluding hydrogens is 270 g/mol. The Kier molecular flexibility index (Phi) is 4.76. The number of nitrogens with two attached hydrogens (primary N) is 1. The molecule has 0 unspecified atom stereocenters. The number of hydrogen-bond donors (Lipinski definition) is 3. The van der Waals surface area contributed by atoms with Crippen LogP contribution in [0, 0.1) is 5.41 Å². The third-order valence-corrected chi connectivity index (χ3v) is 3.01. The maximum atomic E-state index is 8.99. The first-order valence-corrected chi connectivity index (χ1v) is 5.89.